The number of hydrogen-bond donors (Lipinski definition) is 1. The molecule has 184 valence electrons. The molecule has 0 fully saturated rings. The second kappa shape index (κ2) is 12.0. The van der Waals surface area contributed by atoms with E-state index in [2.05, 4.69) is 5.32 Å². The highest BCUT2D eigenvalue weighted by Gasteiger charge is 2.32. The third-order valence-electron chi connectivity index (χ3n) is 5.50. The summed E-state index contributed by atoms with van der Waals surface area (Å²) in [6.07, 6.45) is 1.03. The summed E-state index contributed by atoms with van der Waals surface area (Å²) in [4.78, 5) is 28.4. The third-order valence-corrected chi connectivity index (χ3v) is 7.01. The molecule has 0 heterocycles. The van der Waals surface area contributed by atoms with Gasteiger partial charge >= 0.3 is 0 Å². The Kier molecular flexibility index (Phi) is 9.03. The maximum atomic E-state index is 13.5. The lowest BCUT2D eigenvalue weighted by molar-refractivity contribution is -0.141. The van der Waals surface area contributed by atoms with Crippen LogP contribution in [0.2, 0.25) is 5.02 Å². The molecule has 0 radical (unpaired) electrons. The summed E-state index contributed by atoms with van der Waals surface area (Å²) >= 11 is 6.02. The van der Waals surface area contributed by atoms with Gasteiger partial charge in [0.25, 0.3) is 0 Å². The zero-order valence-electron chi connectivity index (χ0n) is 19.6. The minimum absolute atomic E-state index is 0.0892. The van der Waals surface area contributed by atoms with E-state index in [0.717, 1.165) is 21.7 Å². The van der Waals surface area contributed by atoms with Crippen LogP contribution in [0.3, 0.4) is 0 Å². The van der Waals surface area contributed by atoms with Crippen molar-refractivity contribution in [1.82, 2.24) is 14.5 Å². The van der Waals surface area contributed by atoms with E-state index in [-0.39, 0.29) is 19.0 Å². The van der Waals surface area contributed by atoms with Crippen LogP contribution in [0.25, 0.3) is 0 Å². The quantitative estimate of drug-likeness (QED) is 0.448. The number of carbonyl (C=O) groups is 2. The first-order valence-corrected chi connectivity index (χ1v) is 13.2. The van der Waals surface area contributed by atoms with Crippen LogP contribution in [0.4, 0.5) is 0 Å². The molecular formula is C26H28ClN3O4S. The van der Waals surface area contributed by atoms with Crippen molar-refractivity contribution in [3.8, 4) is 0 Å². The van der Waals surface area contributed by atoms with Gasteiger partial charge in [-0.1, -0.05) is 84.4 Å². The first kappa shape index (κ1) is 26.4. The van der Waals surface area contributed by atoms with Gasteiger partial charge in [-0.2, -0.15) is 4.31 Å². The molecule has 3 aromatic rings. The van der Waals surface area contributed by atoms with Gasteiger partial charge < -0.3 is 10.2 Å². The molecule has 0 aliphatic carbocycles. The van der Waals surface area contributed by atoms with Gasteiger partial charge in [-0.05, 0) is 28.8 Å². The molecule has 2 amide bonds. The third kappa shape index (κ3) is 7.65. The molecule has 7 nitrogen and oxygen atoms in total. The van der Waals surface area contributed by atoms with E-state index in [1.807, 2.05) is 36.4 Å². The Morgan fingerprint density at radius 2 is 1.46 bits per heavy atom. The molecule has 1 unspecified atom stereocenters. The monoisotopic (exact) mass is 513 g/mol. The molecule has 0 aromatic heterocycles. The molecule has 0 saturated heterocycles. The summed E-state index contributed by atoms with van der Waals surface area (Å²) in [6, 6.07) is 24.4. The second-order valence-corrected chi connectivity index (χ2v) is 10.7. The maximum absolute atomic E-state index is 13.5. The largest absolute Gasteiger partial charge is 0.350 e. The van der Waals surface area contributed by atoms with Crippen molar-refractivity contribution in [2.75, 3.05) is 19.8 Å². The fourth-order valence-corrected chi connectivity index (χ4v) is 3.97. The van der Waals surface area contributed by atoms with E-state index < -0.39 is 28.5 Å². The van der Waals surface area contributed by atoms with Crippen LogP contribution >= 0.6 is 11.6 Å². The lowest BCUT2D eigenvalue weighted by Crippen LogP contribution is -2.47. The van der Waals surface area contributed by atoms with Crippen LogP contribution in [-0.4, -0.2) is 49.3 Å². The van der Waals surface area contributed by atoms with Crippen molar-refractivity contribution in [2.24, 2.45) is 0 Å². The molecule has 9 heteroatoms. The van der Waals surface area contributed by atoms with Crippen LogP contribution in [-0.2, 0) is 32.7 Å². The van der Waals surface area contributed by atoms with Crippen LogP contribution < -0.4 is 5.32 Å². The molecule has 0 bridgehead atoms. The highest BCUT2D eigenvalue weighted by molar-refractivity contribution is 7.88. The summed E-state index contributed by atoms with van der Waals surface area (Å²) in [7, 11) is -2.26. The Morgan fingerprint density at radius 1 is 0.886 bits per heavy atom. The number of nitrogens with one attached hydrogen (secondary N) is 1. The summed E-state index contributed by atoms with van der Waals surface area (Å²) in [5.74, 6) is -0.874. The first-order chi connectivity index (χ1) is 16.6. The second-order valence-electron chi connectivity index (χ2n) is 8.18. The highest BCUT2D eigenvalue weighted by atomic mass is 35.5. The molecule has 0 saturated carbocycles. The van der Waals surface area contributed by atoms with Crippen LogP contribution in [0.15, 0.2) is 84.9 Å². The van der Waals surface area contributed by atoms with Gasteiger partial charge in [0, 0.05) is 25.2 Å². The molecule has 35 heavy (non-hydrogen) atoms. The molecule has 0 spiro atoms. The van der Waals surface area contributed by atoms with Crippen molar-refractivity contribution >= 4 is 33.4 Å². The van der Waals surface area contributed by atoms with E-state index in [9.17, 15) is 18.0 Å². The number of sulfonamides is 1. The van der Waals surface area contributed by atoms with Crippen LogP contribution in [0.1, 0.15) is 22.7 Å². The number of halogens is 1. The smallest absolute Gasteiger partial charge is 0.247 e. The van der Waals surface area contributed by atoms with E-state index in [4.69, 9.17) is 11.6 Å². The number of likely N-dealkylation sites (N-methyl/N-ethyl adjacent to an activating group) is 1. The van der Waals surface area contributed by atoms with Gasteiger partial charge in [-0.25, -0.2) is 8.42 Å². The fourth-order valence-electron chi connectivity index (χ4n) is 3.50. The fraction of sp³-hybridized carbons (Fsp3) is 0.231. The molecule has 3 aromatic carbocycles. The Morgan fingerprint density at radius 3 is 2.03 bits per heavy atom. The Bertz CT molecular complexity index is 1240. The Hall–Kier alpha value is -3.20. The standard InChI is InChI=1S/C26H28ClN3O4S/c1-29(35(2,33)34)19-24(31)30(18-21-13-15-23(27)16-14-21)25(22-11-7-4-8-12-22)26(32)28-17-20-9-5-3-6-10-20/h3-16,25H,17-19H2,1-2H3,(H,28,32). The lowest BCUT2D eigenvalue weighted by Gasteiger charge is -2.32. The molecule has 1 N–H and O–H groups in total. The topological polar surface area (TPSA) is 86.8 Å². The first-order valence-electron chi connectivity index (χ1n) is 11.0. The zero-order chi connectivity index (χ0) is 25.4. The average Bonchev–Trinajstić information content (AvgIpc) is 2.84. The van der Waals surface area contributed by atoms with Crippen molar-refractivity contribution in [3.05, 3.63) is 107 Å². The number of nitrogens with zero attached hydrogens (tertiary/aromatic N) is 2. The van der Waals surface area contributed by atoms with E-state index in [1.54, 1.807) is 48.5 Å². The van der Waals surface area contributed by atoms with Gasteiger partial charge in [0.2, 0.25) is 21.8 Å². The van der Waals surface area contributed by atoms with Crippen molar-refractivity contribution in [2.45, 2.75) is 19.1 Å². The van der Waals surface area contributed by atoms with E-state index in [1.165, 1.54) is 11.9 Å². The van der Waals surface area contributed by atoms with Gasteiger partial charge in [0.1, 0.15) is 6.04 Å². The zero-order valence-corrected chi connectivity index (χ0v) is 21.2. The van der Waals surface area contributed by atoms with Crippen LogP contribution in [0, 0.1) is 0 Å². The number of benzene rings is 3. The normalized spacial score (nSPS) is 12.2. The molecule has 0 aliphatic rings. The Balaban J connectivity index is 1.97. The van der Waals surface area contributed by atoms with E-state index in [0.29, 0.717) is 10.6 Å². The SMILES string of the molecule is CN(CC(=O)N(Cc1ccc(Cl)cc1)C(C(=O)NCc1ccccc1)c1ccccc1)S(C)(=O)=O. The number of carbonyl (C=O) groups excluding carboxylic acids is 2. The van der Waals surface area contributed by atoms with Crippen LogP contribution in [0.5, 0.6) is 0 Å². The molecule has 0 aliphatic heterocycles. The van der Waals surface area contributed by atoms with Gasteiger partial charge in [-0.15, -0.1) is 0 Å². The average molecular weight is 514 g/mol. The molecular weight excluding hydrogens is 486 g/mol. The van der Waals surface area contributed by atoms with Gasteiger partial charge in [-0.3, -0.25) is 9.59 Å². The van der Waals surface area contributed by atoms with Crippen molar-refractivity contribution < 1.29 is 18.0 Å². The van der Waals surface area contributed by atoms with Crippen molar-refractivity contribution in [3.63, 3.8) is 0 Å². The molecule has 3 rings (SSSR count). The number of hydrogen-bond acceptors (Lipinski definition) is 4. The van der Waals surface area contributed by atoms with E-state index >= 15 is 0 Å². The van der Waals surface area contributed by atoms with Gasteiger partial charge in [0.15, 0.2) is 0 Å². The molecule has 1 atom stereocenters. The summed E-state index contributed by atoms with van der Waals surface area (Å²) < 4.78 is 24.9. The van der Waals surface area contributed by atoms with Crippen molar-refractivity contribution in [1.29, 1.82) is 0 Å². The highest BCUT2D eigenvalue weighted by Crippen LogP contribution is 2.25. The minimum Gasteiger partial charge on any atom is -0.350 e. The predicted octanol–water partition coefficient (Wildman–Crippen LogP) is 3.62. The summed E-state index contributed by atoms with van der Waals surface area (Å²) in [5, 5.41) is 3.47. The number of amides is 2. The lowest BCUT2D eigenvalue weighted by atomic mass is 10.0. The minimum atomic E-state index is -3.60. The van der Waals surface area contributed by atoms with Gasteiger partial charge in [0.05, 0.1) is 12.8 Å². The number of rotatable bonds is 10. The maximum Gasteiger partial charge on any atom is 0.247 e. The predicted molar refractivity (Wildman–Crippen MR) is 137 cm³/mol. The summed E-state index contributed by atoms with van der Waals surface area (Å²) in [6.45, 7) is -0.0249. The summed E-state index contributed by atoms with van der Waals surface area (Å²) in [5.41, 5.74) is 2.28. The Labute approximate surface area is 211 Å².